The van der Waals surface area contributed by atoms with E-state index in [2.05, 4.69) is 26.8 Å². The predicted octanol–water partition coefficient (Wildman–Crippen LogP) is 2.35. The van der Waals surface area contributed by atoms with Crippen LogP contribution in [0.3, 0.4) is 0 Å². The van der Waals surface area contributed by atoms with Crippen LogP contribution in [0.2, 0.25) is 0 Å². The molecule has 0 amide bonds. The molecule has 21 heavy (non-hydrogen) atoms. The van der Waals surface area contributed by atoms with Gasteiger partial charge in [-0.1, -0.05) is 25.7 Å². The van der Waals surface area contributed by atoms with Gasteiger partial charge < -0.3 is 10.6 Å². The summed E-state index contributed by atoms with van der Waals surface area (Å²) in [6, 6.07) is 0.477. The smallest absolute Gasteiger partial charge is 0.192 e. The number of nitrogens with zero attached hydrogens (tertiary/aromatic N) is 4. The molecule has 0 bridgehead atoms. The van der Waals surface area contributed by atoms with Crippen LogP contribution >= 0.6 is 0 Å². The van der Waals surface area contributed by atoms with Gasteiger partial charge in [-0.25, -0.2) is 0 Å². The molecule has 2 N–H and O–H groups in total. The normalized spacial score (nSPS) is 27.5. The highest BCUT2D eigenvalue weighted by atomic mass is 15.4. The van der Waals surface area contributed by atoms with Crippen molar-refractivity contribution >= 4 is 5.96 Å². The molecule has 1 atom stereocenters. The Labute approximate surface area is 126 Å². The molecule has 1 unspecified atom stereocenters. The molecule has 5 heteroatoms. The second-order valence-corrected chi connectivity index (χ2v) is 6.45. The second kappa shape index (κ2) is 5.62. The molecule has 1 aliphatic heterocycles. The van der Waals surface area contributed by atoms with Crippen molar-refractivity contribution in [2.75, 3.05) is 6.54 Å². The van der Waals surface area contributed by atoms with E-state index in [9.17, 15) is 0 Å². The van der Waals surface area contributed by atoms with Gasteiger partial charge in [0.05, 0.1) is 17.9 Å². The Kier molecular flexibility index (Phi) is 3.83. The highest BCUT2D eigenvalue weighted by Gasteiger charge is 2.45. The van der Waals surface area contributed by atoms with E-state index in [1.807, 2.05) is 6.92 Å². The molecule has 3 rings (SSSR count). The van der Waals surface area contributed by atoms with Crippen molar-refractivity contribution in [3.05, 3.63) is 23.8 Å². The first-order valence-corrected chi connectivity index (χ1v) is 8.00. The fourth-order valence-electron chi connectivity index (χ4n) is 3.87. The minimum atomic E-state index is -0.253. The first kappa shape index (κ1) is 14.3. The van der Waals surface area contributed by atoms with Crippen LogP contribution in [0.15, 0.2) is 17.4 Å². The van der Waals surface area contributed by atoms with Gasteiger partial charge in [-0.15, -0.1) is 0 Å². The lowest BCUT2D eigenvalue weighted by Gasteiger charge is -2.41. The SMILES string of the molecule is Cc1nccnc1C1(C)CN=C(N)N1C1CCCCCC1. The number of rotatable bonds is 2. The highest BCUT2D eigenvalue weighted by Crippen LogP contribution is 2.37. The monoisotopic (exact) mass is 287 g/mol. The van der Waals surface area contributed by atoms with Crippen LogP contribution < -0.4 is 5.73 Å². The second-order valence-electron chi connectivity index (χ2n) is 6.45. The number of aliphatic imine (C=N–C) groups is 1. The quantitative estimate of drug-likeness (QED) is 0.848. The number of aryl methyl sites for hydroxylation is 1. The van der Waals surface area contributed by atoms with Crippen molar-refractivity contribution in [3.8, 4) is 0 Å². The number of aromatic nitrogens is 2. The van der Waals surface area contributed by atoms with E-state index in [4.69, 9.17) is 5.73 Å². The van der Waals surface area contributed by atoms with E-state index >= 15 is 0 Å². The summed E-state index contributed by atoms with van der Waals surface area (Å²) in [5.74, 6) is 0.675. The Morgan fingerprint density at radius 3 is 2.48 bits per heavy atom. The summed E-state index contributed by atoms with van der Waals surface area (Å²) in [5, 5.41) is 0. The number of nitrogens with two attached hydrogens (primary N) is 1. The summed E-state index contributed by atoms with van der Waals surface area (Å²) >= 11 is 0. The molecule has 0 spiro atoms. The van der Waals surface area contributed by atoms with Gasteiger partial charge in [-0.05, 0) is 26.7 Å². The Balaban J connectivity index is 1.95. The third kappa shape index (κ3) is 2.49. The molecule has 114 valence electrons. The van der Waals surface area contributed by atoms with Crippen LogP contribution in [-0.2, 0) is 5.54 Å². The average molecular weight is 287 g/mol. The van der Waals surface area contributed by atoms with Gasteiger partial charge in [0.2, 0.25) is 0 Å². The van der Waals surface area contributed by atoms with Crippen molar-refractivity contribution in [2.24, 2.45) is 10.7 Å². The van der Waals surface area contributed by atoms with Crippen molar-refractivity contribution in [3.63, 3.8) is 0 Å². The number of hydrogen-bond acceptors (Lipinski definition) is 5. The molecule has 2 aliphatic rings. The van der Waals surface area contributed by atoms with Crippen LogP contribution in [-0.4, -0.2) is 33.4 Å². The van der Waals surface area contributed by atoms with E-state index in [1.165, 1.54) is 38.5 Å². The zero-order chi connectivity index (χ0) is 14.9. The molecule has 2 heterocycles. The maximum atomic E-state index is 6.25. The van der Waals surface area contributed by atoms with Gasteiger partial charge in [0.15, 0.2) is 5.96 Å². The summed E-state index contributed by atoms with van der Waals surface area (Å²) in [7, 11) is 0. The molecule has 0 aromatic carbocycles. The van der Waals surface area contributed by atoms with Crippen molar-refractivity contribution in [1.82, 2.24) is 14.9 Å². The van der Waals surface area contributed by atoms with Crippen LogP contribution in [0.1, 0.15) is 56.8 Å². The Morgan fingerprint density at radius 1 is 1.14 bits per heavy atom. The van der Waals surface area contributed by atoms with Crippen molar-refractivity contribution < 1.29 is 0 Å². The molecular formula is C16H25N5. The first-order valence-electron chi connectivity index (χ1n) is 8.00. The standard InChI is InChI=1S/C16H25N5/c1-12-14(19-10-9-18-12)16(2)11-20-15(17)21(16)13-7-5-3-4-6-8-13/h9-10,13H,3-8,11H2,1-2H3,(H2,17,20). The summed E-state index contributed by atoms with van der Waals surface area (Å²) in [4.78, 5) is 15.9. The van der Waals surface area contributed by atoms with E-state index in [-0.39, 0.29) is 5.54 Å². The average Bonchev–Trinajstić information content (AvgIpc) is 2.68. The molecule has 1 fully saturated rings. The summed E-state index contributed by atoms with van der Waals surface area (Å²) in [5.41, 5.74) is 7.99. The molecule has 0 saturated heterocycles. The van der Waals surface area contributed by atoms with Crippen LogP contribution in [0.5, 0.6) is 0 Å². The lowest BCUT2D eigenvalue weighted by molar-refractivity contribution is 0.146. The minimum Gasteiger partial charge on any atom is -0.370 e. The van der Waals surface area contributed by atoms with Crippen molar-refractivity contribution in [2.45, 2.75) is 64.0 Å². The molecule has 1 saturated carbocycles. The van der Waals surface area contributed by atoms with Crippen molar-refractivity contribution in [1.29, 1.82) is 0 Å². The van der Waals surface area contributed by atoms with Crippen LogP contribution in [0, 0.1) is 6.92 Å². The van der Waals surface area contributed by atoms with Gasteiger partial charge in [0.1, 0.15) is 5.54 Å². The molecule has 1 aromatic heterocycles. The summed E-state index contributed by atoms with van der Waals surface area (Å²) in [6.07, 6.45) is 11.2. The third-order valence-electron chi connectivity index (χ3n) is 4.91. The maximum Gasteiger partial charge on any atom is 0.192 e. The minimum absolute atomic E-state index is 0.253. The van der Waals surface area contributed by atoms with Gasteiger partial charge in [-0.3, -0.25) is 15.0 Å². The Morgan fingerprint density at radius 2 is 1.81 bits per heavy atom. The summed E-state index contributed by atoms with van der Waals surface area (Å²) in [6.45, 7) is 4.90. The van der Waals surface area contributed by atoms with Gasteiger partial charge >= 0.3 is 0 Å². The predicted molar refractivity (Wildman–Crippen MR) is 83.9 cm³/mol. The zero-order valence-electron chi connectivity index (χ0n) is 13.0. The first-order chi connectivity index (χ1) is 10.1. The largest absolute Gasteiger partial charge is 0.370 e. The summed E-state index contributed by atoms with van der Waals surface area (Å²) < 4.78 is 0. The lowest BCUT2D eigenvalue weighted by Crippen LogP contribution is -2.53. The highest BCUT2D eigenvalue weighted by molar-refractivity contribution is 5.81. The van der Waals surface area contributed by atoms with E-state index in [0.29, 0.717) is 18.5 Å². The van der Waals surface area contributed by atoms with E-state index < -0.39 is 0 Å². The van der Waals surface area contributed by atoms with E-state index in [1.54, 1.807) is 12.4 Å². The number of hydrogen-bond donors (Lipinski definition) is 1. The molecule has 1 aromatic rings. The van der Waals surface area contributed by atoms with Crippen LogP contribution in [0.4, 0.5) is 0 Å². The Bertz CT molecular complexity index is 533. The lowest BCUT2D eigenvalue weighted by atomic mass is 9.91. The molecular weight excluding hydrogens is 262 g/mol. The van der Waals surface area contributed by atoms with E-state index in [0.717, 1.165) is 11.4 Å². The maximum absolute atomic E-state index is 6.25. The molecule has 0 radical (unpaired) electrons. The zero-order valence-corrected chi connectivity index (χ0v) is 13.0. The third-order valence-corrected chi connectivity index (χ3v) is 4.91. The van der Waals surface area contributed by atoms with Gasteiger partial charge in [0.25, 0.3) is 0 Å². The number of guanidine groups is 1. The topological polar surface area (TPSA) is 67.4 Å². The fourth-order valence-corrected chi connectivity index (χ4v) is 3.87. The van der Waals surface area contributed by atoms with Gasteiger partial charge in [0, 0.05) is 18.4 Å². The molecule has 1 aliphatic carbocycles. The Hall–Kier alpha value is -1.65. The fraction of sp³-hybridized carbons (Fsp3) is 0.688. The molecule has 5 nitrogen and oxygen atoms in total. The van der Waals surface area contributed by atoms with Gasteiger partial charge in [-0.2, -0.15) is 0 Å². The van der Waals surface area contributed by atoms with Crippen LogP contribution in [0.25, 0.3) is 0 Å².